The number of rotatable bonds is 6. The van der Waals surface area contributed by atoms with Gasteiger partial charge in [0.1, 0.15) is 0 Å². The van der Waals surface area contributed by atoms with E-state index in [1.165, 1.54) is 0 Å². The van der Waals surface area contributed by atoms with Crippen molar-refractivity contribution in [1.29, 1.82) is 0 Å². The molecule has 0 saturated heterocycles. The molecule has 0 fully saturated rings. The fraction of sp³-hybridized carbons (Fsp3) is 0.250. The summed E-state index contributed by atoms with van der Waals surface area (Å²) in [6.07, 6.45) is 5.39. The average molecular weight is 310 g/mol. The van der Waals surface area contributed by atoms with Gasteiger partial charge in [0, 0.05) is 31.7 Å². The third-order valence-electron chi connectivity index (χ3n) is 3.38. The van der Waals surface area contributed by atoms with Gasteiger partial charge < -0.3 is 10.0 Å². The maximum absolute atomic E-state index is 9.29. The molecular formula is C16H18N6O. The molecule has 3 heterocycles. The zero-order chi connectivity index (χ0) is 16.1. The van der Waals surface area contributed by atoms with Crippen LogP contribution in [-0.2, 0) is 6.54 Å². The summed E-state index contributed by atoms with van der Waals surface area (Å²) in [4.78, 5) is 6.07. The monoisotopic (exact) mass is 310 g/mol. The molecule has 0 aliphatic heterocycles. The second kappa shape index (κ2) is 6.97. The molecule has 23 heavy (non-hydrogen) atoms. The minimum absolute atomic E-state index is 0.0437. The minimum Gasteiger partial charge on any atom is -0.395 e. The first-order valence-corrected chi connectivity index (χ1v) is 7.37. The third-order valence-corrected chi connectivity index (χ3v) is 3.38. The summed E-state index contributed by atoms with van der Waals surface area (Å²) in [5.74, 6) is 1.36. The summed E-state index contributed by atoms with van der Waals surface area (Å²) in [5.41, 5.74) is 1.98. The molecule has 0 aromatic carbocycles. The van der Waals surface area contributed by atoms with Crippen LogP contribution >= 0.6 is 0 Å². The fourth-order valence-corrected chi connectivity index (χ4v) is 2.26. The summed E-state index contributed by atoms with van der Waals surface area (Å²) in [6, 6.07) is 9.54. The van der Waals surface area contributed by atoms with Gasteiger partial charge in [-0.25, -0.2) is 4.68 Å². The Labute approximate surface area is 134 Å². The van der Waals surface area contributed by atoms with Gasteiger partial charge in [-0.1, -0.05) is 6.07 Å². The van der Waals surface area contributed by atoms with Crippen molar-refractivity contribution in [1.82, 2.24) is 25.0 Å². The lowest BCUT2D eigenvalue weighted by atomic mass is 10.2. The first-order chi connectivity index (χ1) is 11.3. The smallest absolute Gasteiger partial charge is 0.175 e. The van der Waals surface area contributed by atoms with Gasteiger partial charge in [0.2, 0.25) is 0 Å². The largest absolute Gasteiger partial charge is 0.395 e. The van der Waals surface area contributed by atoms with Crippen molar-refractivity contribution in [2.75, 3.05) is 18.1 Å². The second-order valence-corrected chi connectivity index (χ2v) is 5.16. The number of aryl methyl sites for hydroxylation is 1. The molecule has 0 aliphatic rings. The van der Waals surface area contributed by atoms with E-state index in [0.717, 1.165) is 11.3 Å². The predicted octanol–water partition coefficient (Wildman–Crippen LogP) is 1.36. The number of nitrogens with zero attached hydrogens (tertiary/aromatic N) is 6. The van der Waals surface area contributed by atoms with Crippen LogP contribution in [0.15, 0.2) is 48.9 Å². The van der Waals surface area contributed by atoms with E-state index in [2.05, 4.69) is 20.3 Å². The Morgan fingerprint density at radius 1 is 1.17 bits per heavy atom. The van der Waals surface area contributed by atoms with Crippen molar-refractivity contribution in [2.24, 2.45) is 0 Å². The van der Waals surface area contributed by atoms with Crippen molar-refractivity contribution in [3.05, 3.63) is 60.2 Å². The maximum Gasteiger partial charge on any atom is 0.175 e. The Kier molecular flexibility index (Phi) is 4.58. The molecular weight excluding hydrogens is 292 g/mol. The molecule has 0 saturated carbocycles. The number of hydrogen-bond donors (Lipinski definition) is 1. The SMILES string of the molecule is Cc1ccn(-c2ccc(N(CCO)Cc3cccnc3)nn2)n1. The van der Waals surface area contributed by atoms with E-state index >= 15 is 0 Å². The number of pyridine rings is 1. The lowest BCUT2D eigenvalue weighted by Crippen LogP contribution is -2.27. The Balaban J connectivity index is 1.79. The minimum atomic E-state index is 0.0437. The first kappa shape index (κ1) is 15.1. The quantitative estimate of drug-likeness (QED) is 0.740. The molecule has 0 spiro atoms. The van der Waals surface area contributed by atoms with E-state index < -0.39 is 0 Å². The second-order valence-electron chi connectivity index (χ2n) is 5.16. The van der Waals surface area contributed by atoms with Crippen LogP contribution in [-0.4, -0.2) is 43.2 Å². The Morgan fingerprint density at radius 3 is 2.70 bits per heavy atom. The predicted molar refractivity (Wildman–Crippen MR) is 86.3 cm³/mol. The number of aliphatic hydroxyl groups excluding tert-OH is 1. The van der Waals surface area contributed by atoms with Crippen LogP contribution < -0.4 is 4.90 Å². The summed E-state index contributed by atoms with van der Waals surface area (Å²) in [7, 11) is 0. The average Bonchev–Trinajstić information content (AvgIpc) is 3.02. The molecule has 7 heteroatoms. The molecule has 1 N–H and O–H groups in total. The van der Waals surface area contributed by atoms with Crippen molar-refractivity contribution in [3.8, 4) is 5.82 Å². The van der Waals surface area contributed by atoms with Crippen LogP contribution in [0.4, 0.5) is 5.82 Å². The molecule has 3 aromatic heterocycles. The highest BCUT2D eigenvalue weighted by molar-refractivity contribution is 5.40. The van der Waals surface area contributed by atoms with Gasteiger partial charge in [0.15, 0.2) is 11.6 Å². The summed E-state index contributed by atoms with van der Waals surface area (Å²) < 4.78 is 1.68. The number of anilines is 1. The van der Waals surface area contributed by atoms with Crippen LogP contribution in [0.3, 0.4) is 0 Å². The van der Waals surface area contributed by atoms with Crippen LogP contribution in [0.5, 0.6) is 0 Å². The van der Waals surface area contributed by atoms with E-state index in [-0.39, 0.29) is 6.61 Å². The molecule has 7 nitrogen and oxygen atoms in total. The molecule has 0 amide bonds. The topological polar surface area (TPSA) is 80.0 Å². The Morgan fingerprint density at radius 2 is 2.09 bits per heavy atom. The molecule has 0 radical (unpaired) electrons. The van der Waals surface area contributed by atoms with Gasteiger partial charge in [0.05, 0.1) is 12.3 Å². The highest BCUT2D eigenvalue weighted by Gasteiger charge is 2.10. The van der Waals surface area contributed by atoms with E-state index in [1.54, 1.807) is 17.1 Å². The summed E-state index contributed by atoms with van der Waals surface area (Å²) >= 11 is 0. The Bertz CT molecular complexity index is 741. The van der Waals surface area contributed by atoms with E-state index in [0.29, 0.717) is 24.7 Å². The molecule has 3 rings (SSSR count). The standard InChI is InChI=1S/C16H18N6O/c1-13-6-8-22(20-13)16-5-4-15(18-19-16)21(9-10-23)12-14-3-2-7-17-11-14/h2-8,11,23H,9-10,12H2,1H3. The van der Waals surface area contributed by atoms with Gasteiger partial charge in [-0.2, -0.15) is 5.10 Å². The van der Waals surface area contributed by atoms with Crippen molar-refractivity contribution < 1.29 is 5.11 Å². The highest BCUT2D eigenvalue weighted by atomic mass is 16.3. The molecule has 0 aliphatic carbocycles. The van der Waals surface area contributed by atoms with Crippen LogP contribution in [0.25, 0.3) is 5.82 Å². The third kappa shape index (κ3) is 3.70. The highest BCUT2D eigenvalue weighted by Crippen LogP contribution is 2.14. The van der Waals surface area contributed by atoms with E-state index in [1.807, 2.05) is 48.4 Å². The molecule has 0 atom stereocenters. The lowest BCUT2D eigenvalue weighted by molar-refractivity contribution is 0.301. The first-order valence-electron chi connectivity index (χ1n) is 7.37. The molecule has 118 valence electrons. The maximum atomic E-state index is 9.29. The number of aromatic nitrogens is 5. The zero-order valence-corrected chi connectivity index (χ0v) is 12.9. The van der Waals surface area contributed by atoms with Gasteiger partial charge in [-0.15, -0.1) is 10.2 Å². The van der Waals surface area contributed by atoms with Gasteiger partial charge in [-0.3, -0.25) is 4.98 Å². The summed E-state index contributed by atoms with van der Waals surface area (Å²) in [6.45, 7) is 3.06. The molecule has 0 bridgehead atoms. The lowest BCUT2D eigenvalue weighted by Gasteiger charge is -2.22. The van der Waals surface area contributed by atoms with Crippen molar-refractivity contribution >= 4 is 5.82 Å². The van der Waals surface area contributed by atoms with Gasteiger partial charge >= 0.3 is 0 Å². The van der Waals surface area contributed by atoms with Crippen LogP contribution in [0.1, 0.15) is 11.3 Å². The van der Waals surface area contributed by atoms with Gasteiger partial charge in [-0.05, 0) is 36.8 Å². The number of aliphatic hydroxyl groups is 1. The van der Waals surface area contributed by atoms with Crippen molar-refractivity contribution in [3.63, 3.8) is 0 Å². The van der Waals surface area contributed by atoms with E-state index in [4.69, 9.17) is 0 Å². The fourth-order valence-electron chi connectivity index (χ4n) is 2.26. The van der Waals surface area contributed by atoms with E-state index in [9.17, 15) is 5.11 Å². The van der Waals surface area contributed by atoms with Crippen LogP contribution in [0.2, 0.25) is 0 Å². The van der Waals surface area contributed by atoms with Gasteiger partial charge in [0.25, 0.3) is 0 Å². The summed E-state index contributed by atoms with van der Waals surface area (Å²) in [5, 5.41) is 22.1. The normalized spacial score (nSPS) is 10.7. The number of hydrogen-bond acceptors (Lipinski definition) is 6. The van der Waals surface area contributed by atoms with Crippen LogP contribution in [0, 0.1) is 6.92 Å². The Hall–Kier alpha value is -2.80. The zero-order valence-electron chi connectivity index (χ0n) is 12.9. The molecule has 0 unspecified atom stereocenters. The molecule has 3 aromatic rings. The van der Waals surface area contributed by atoms with Crippen molar-refractivity contribution in [2.45, 2.75) is 13.5 Å².